The van der Waals surface area contributed by atoms with E-state index in [9.17, 15) is 0 Å². The Balaban J connectivity index is 1.49. The number of pyridine rings is 1. The fraction of sp³-hybridized carbons (Fsp3) is 0.261. The van der Waals surface area contributed by atoms with E-state index in [1.165, 1.54) is 5.56 Å². The van der Waals surface area contributed by atoms with Crippen molar-refractivity contribution in [3.05, 3.63) is 72.4 Å². The van der Waals surface area contributed by atoms with Crippen molar-refractivity contribution < 1.29 is 4.74 Å². The summed E-state index contributed by atoms with van der Waals surface area (Å²) in [6.45, 7) is 4.10. The SMILES string of the molecule is c1ccc(Cn2cc(-c3cccc4ccc(N5CCCOCC5)nc34)nn2)cc1. The molecule has 2 aromatic heterocycles. The van der Waals surface area contributed by atoms with E-state index in [1.807, 2.05) is 29.1 Å². The van der Waals surface area contributed by atoms with E-state index in [0.717, 1.165) is 60.7 Å². The molecule has 2 aromatic carbocycles. The van der Waals surface area contributed by atoms with Gasteiger partial charge in [-0.2, -0.15) is 0 Å². The number of hydrogen-bond acceptors (Lipinski definition) is 5. The average Bonchev–Trinajstić information content (AvgIpc) is 3.05. The molecule has 1 aliphatic rings. The Hall–Kier alpha value is -3.25. The number of para-hydroxylation sites is 1. The molecule has 1 saturated heterocycles. The molecule has 0 spiro atoms. The number of benzene rings is 2. The lowest BCUT2D eigenvalue weighted by Gasteiger charge is -2.21. The Morgan fingerprint density at radius 3 is 2.76 bits per heavy atom. The Morgan fingerprint density at radius 1 is 0.897 bits per heavy atom. The normalized spacial score (nSPS) is 14.8. The van der Waals surface area contributed by atoms with Crippen LogP contribution in [0.25, 0.3) is 22.2 Å². The van der Waals surface area contributed by atoms with Gasteiger partial charge in [0.15, 0.2) is 0 Å². The summed E-state index contributed by atoms with van der Waals surface area (Å²) < 4.78 is 7.46. The molecule has 6 heteroatoms. The van der Waals surface area contributed by atoms with Crippen molar-refractivity contribution in [1.82, 2.24) is 20.0 Å². The van der Waals surface area contributed by atoms with E-state index in [-0.39, 0.29) is 0 Å². The molecule has 0 radical (unpaired) electrons. The van der Waals surface area contributed by atoms with E-state index >= 15 is 0 Å². The molecule has 0 N–H and O–H groups in total. The molecule has 0 saturated carbocycles. The minimum Gasteiger partial charge on any atom is -0.380 e. The highest BCUT2D eigenvalue weighted by atomic mass is 16.5. The molecule has 0 bridgehead atoms. The predicted octanol–water partition coefficient (Wildman–Crippen LogP) is 3.77. The molecule has 3 heterocycles. The van der Waals surface area contributed by atoms with E-state index < -0.39 is 0 Å². The molecule has 1 fully saturated rings. The first-order valence-corrected chi connectivity index (χ1v) is 10.0. The smallest absolute Gasteiger partial charge is 0.129 e. The van der Waals surface area contributed by atoms with Crippen LogP contribution in [0, 0.1) is 0 Å². The summed E-state index contributed by atoms with van der Waals surface area (Å²) in [5.41, 5.74) is 4.01. The summed E-state index contributed by atoms with van der Waals surface area (Å²) >= 11 is 0. The molecule has 0 atom stereocenters. The minimum absolute atomic E-state index is 0.699. The standard InChI is InChI=1S/C23H23N5O/c1-2-6-18(7-3-1)16-28-17-21(25-26-28)20-9-4-8-19-10-11-22(24-23(19)20)27-12-5-14-29-15-13-27/h1-4,6-11,17H,5,12-16H2. The minimum atomic E-state index is 0.699. The second kappa shape index (κ2) is 8.01. The number of fused-ring (bicyclic) bond motifs is 1. The maximum absolute atomic E-state index is 5.59. The summed E-state index contributed by atoms with van der Waals surface area (Å²) in [6.07, 6.45) is 3.02. The van der Waals surface area contributed by atoms with Gasteiger partial charge in [0.1, 0.15) is 11.5 Å². The van der Waals surface area contributed by atoms with Crippen LogP contribution in [-0.4, -0.2) is 46.3 Å². The molecule has 0 aliphatic carbocycles. The summed E-state index contributed by atoms with van der Waals surface area (Å²) in [5.74, 6) is 0.993. The first-order chi connectivity index (χ1) is 14.4. The summed E-state index contributed by atoms with van der Waals surface area (Å²) in [4.78, 5) is 7.30. The van der Waals surface area contributed by atoms with Crippen molar-refractivity contribution in [2.75, 3.05) is 31.2 Å². The van der Waals surface area contributed by atoms with Crippen molar-refractivity contribution in [3.63, 3.8) is 0 Å². The number of anilines is 1. The van der Waals surface area contributed by atoms with E-state index in [0.29, 0.717) is 6.54 Å². The van der Waals surface area contributed by atoms with Crippen LogP contribution >= 0.6 is 0 Å². The molecular weight excluding hydrogens is 362 g/mol. The molecule has 146 valence electrons. The lowest BCUT2D eigenvalue weighted by atomic mass is 10.1. The van der Waals surface area contributed by atoms with Gasteiger partial charge in [0, 0.05) is 30.6 Å². The molecule has 0 unspecified atom stereocenters. The maximum Gasteiger partial charge on any atom is 0.129 e. The summed E-state index contributed by atoms with van der Waals surface area (Å²) in [5, 5.41) is 9.87. The van der Waals surface area contributed by atoms with Crippen LogP contribution in [0.1, 0.15) is 12.0 Å². The number of hydrogen-bond donors (Lipinski definition) is 0. The third-order valence-electron chi connectivity index (χ3n) is 5.25. The van der Waals surface area contributed by atoms with Crippen molar-refractivity contribution in [1.29, 1.82) is 0 Å². The van der Waals surface area contributed by atoms with Crippen LogP contribution in [0.3, 0.4) is 0 Å². The highest BCUT2D eigenvalue weighted by molar-refractivity contribution is 5.93. The van der Waals surface area contributed by atoms with E-state index in [2.05, 4.69) is 57.7 Å². The van der Waals surface area contributed by atoms with Gasteiger partial charge in [0.05, 0.1) is 24.9 Å². The van der Waals surface area contributed by atoms with Crippen molar-refractivity contribution >= 4 is 16.7 Å². The Labute approximate surface area is 169 Å². The van der Waals surface area contributed by atoms with Crippen molar-refractivity contribution in [2.45, 2.75) is 13.0 Å². The first-order valence-electron chi connectivity index (χ1n) is 10.0. The highest BCUT2D eigenvalue weighted by Crippen LogP contribution is 2.28. The maximum atomic E-state index is 5.59. The average molecular weight is 385 g/mol. The quantitative estimate of drug-likeness (QED) is 0.535. The number of rotatable bonds is 4. The first kappa shape index (κ1) is 17.8. The fourth-order valence-electron chi connectivity index (χ4n) is 3.76. The number of aromatic nitrogens is 4. The van der Waals surface area contributed by atoms with Crippen molar-refractivity contribution in [3.8, 4) is 11.3 Å². The predicted molar refractivity (Wildman–Crippen MR) is 114 cm³/mol. The van der Waals surface area contributed by atoms with Crippen LogP contribution in [-0.2, 0) is 11.3 Å². The highest BCUT2D eigenvalue weighted by Gasteiger charge is 2.14. The molecule has 5 rings (SSSR count). The van der Waals surface area contributed by atoms with Crippen LogP contribution in [0.15, 0.2) is 66.9 Å². The van der Waals surface area contributed by atoms with E-state index in [4.69, 9.17) is 9.72 Å². The van der Waals surface area contributed by atoms with Gasteiger partial charge in [-0.15, -0.1) is 5.10 Å². The molecule has 0 amide bonds. The monoisotopic (exact) mass is 385 g/mol. The number of nitrogens with zero attached hydrogens (tertiary/aromatic N) is 5. The van der Waals surface area contributed by atoms with Gasteiger partial charge in [0.2, 0.25) is 0 Å². The molecular formula is C23H23N5O. The zero-order chi connectivity index (χ0) is 19.5. The Bertz CT molecular complexity index is 1100. The van der Waals surface area contributed by atoms with Gasteiger partial charge >= 0.3 is 0 Å². The third kappa shape index (κ3) is 3.84. The Kier molecular flexibility index (Phi) is 4.92. The van der Waals surface area contributed by atoms with Gasteiger partial charge in [-0.25, -0.2) is 9.67 Å². The topological polar surface area (TPSA) is 56.1 Å². The third-order valence-corrected chi connectivity index (χ3v) is 5.25. The van der Waals surface area contributed by atoms with Crippen LogP contribution in [0.4, 0.5) is 5.82 Å². The van der Waals surface area contributed by atoms with Crippen LogP contribution in [0.5, 0.6) is 0 Å². The van der Waals surface area contributed by atoms with Crippen LogP contribution < -0.4 is 4.90 Å². The lowest BCUT2D eigenvalue weighted by molar-refractivity contribution is 0.152. The van der Waals surface area contributed by atoms with Crippen LogP contribution in [0.2, 0.25) is 0 Å². The largest absolute Gasteiger partial charge is 0.380 e. The zero-order valence-electron chi connectivity index (χ0n) is 16.2. The molecule has 6 nitrogen and oxygen atoms in total. The zero-order valence-corrected chi connectivity index (χ0v) is 16.2. The van der Waals surface area contributed by atoms with Crippen molar-refractivity contribution in [2.24, 2.45) is 0 Å². The fourth-order valence-corrected chi connectivity index (χ4v) is 3.76. The van der Waals surface area contributed by atoms with Gasteiger partial charge in [-0.05, 0) is 24.1 Å². The second-order valence-electron chi connectivity index (χ2n) is 7.29. The lowest BCUT2D eigenvalue weighted by Crippen LogP contribution is -2.26. The van der Waals surface area contributed by atoms with Gasteiger partial charge in [0.25, 0.3) is 0 Å². The Morgan fingerprint density at radius 2 is 1.83 bits per heavy atom. The van der Waals surface area contributed by atoms with Gasteiger partial charge in [-0.3, -0.25) is 0 Å². The summed E-state index contributed by atoms with van der Waals surface area (Å²) in [6, 6.07) is 20.7. The molecule has 29 heavy (non-hydrogen) atoms. The van der Waals surface area contributed by atoms with Gasteiger partial charge < -0.3 is 9.64 Å². The summed E-state index contributed by atoms with van der Waals surface area (Å²) in [7, 11) is 0. The van der Waals surface area contributed by atoms with E-state index in [1.54, 1.807) is 0 Å². The molecule has 1 aliphatic heterocycles. The van der Waals surface area contributed by atoms with Gasteiger partial charge in [-0.1, -0.05) is 53.7 Å². The number of ether oxygens (including phenoxy) is 1. The molecule has 4 aromatic rings. The second-order valence-corrected chi connectivity index (χ2v) is 7.29.